The van der Waals surface area contributed by atoms with Gasteiger partial charge >= 0.3 is 12.1 Å². The van der Waals surface area contributed by atoms with Crippen molar-refractivity contribution in [2.75, 3.05) is 13.1 Å². The fourth-order valence-corrected chi connectivity index (χ4v) is 3.42. The van der Waals surface area contributed by atoms with Crippen molar-refractivity contribution >= 4 is 27.8 Å². The Hall–Kier alpha value is -1.61. The average molecular weight is 393 g/mol. The Morgan fingerprint density at radius 1 is 1.39 bits per heavy atom. The molecule has 9 heteroatoms. The average Bonchev–Trinajstić information content (AvgIpc) is 2.48. The quantitative estimate of drug-likeness (QED) is 0.741. The number of fused-ring (bicyclic) bond motifs is 2. The van der Waals surface area contributed by atoms with Crippen LogP contribution in [0.3, 0.4) is 0 Å². The van der Waals surface area contributed by atoms with Gasteiger partial charge in [-0.15, -0.1) is 0 Å². The van der Waals surface area contributed by atoms with Gasteiger partial charge in [0, 0.05) is 23.1 Å². The molecule has 1 aromatic rings. The molecule has 1 saturated heterocycles. The molecule has 2 aliphatic heterocycles. The van der Waals surface area contributed by atoms with Crippen LogP contribution in [0.5, 0.6) is 0 Å². The third-order valence-corrected chi connectivity index (χ3v) is 4.68. The lowest BCUT2D eigenvalue weighted by atomic mass is 9.91. The summed E-state index contributed by atoms with van der Waals surface area (Å²) in [7, 11) is 0. The normalized spacial score (nSPS) is 24.0. The lowest BCUT2D eigenvalue weighted by Crippen LogP contribution is -2.63. The third kappa shape index (κ3) is 2.94. The maximum Gasteiger partial charge on any atom is 0.490 e. The van der Waals surface area contributed by atoms with Crippen LogP contribution < -0.4 is 5.32 Å². The number of halogens is 4. The van der Waals surface area contributed by atoms with Gasteiger partial charge in [0.25, 0.3) is 5.91 Å². The van der Waals surface area contributed by atoms with Crippen LogP contribution in [-0.2, 0) is 16.0 Å². The van der Waals surface area contributed by atoms with Crippen LogP contribution in [0.4, 0.5) is 13.2 Å². The highest BCUT2D eigenvalue weighted by atomic mass is 79.9. The van der Waals surface area contributed by atoms with Crippen LogP contribution in [0.2, 0.25) is 0 Å². The molecule has 1 fully saturated rings. The van der Waals surface area contributed by atoms with Gasteiger partial charge in [-0.05, 0) is 24.1 Å². The summed E-state index contributed by atoms with van der Waals surface area (Å²) in [6, 6.07) is 4.49. The highest BCUT2D eigenvalue weighted by Crippen LogP contribution is 2.32. The number of carbonyl (C=O) groups excluding carboxylic acids is 2. The number of rotatable bonds is 1. The van der Waals surface area contributed by atoms with Crippen LogP contribution in [0.1, 0.15) is 15.9 Å². The molecule has 2 heterocycles. The Labute approximate surface area is 137 Å². The number of hydrogen-bond acceptors (Lipinski definition) is 4. The van der Waals surface area contributed by atoms with Crippen molar-refractivity contribution in [1.29, 1.82) is 0 Å². The van der Waals surface area contributed by atoms with Gasteiger partial charge in [-0.25, -0.2) is 4.79 Å². The largest absolute Gasteiger partial charge is 0.490 e. The van der Waals surface area contributed by atoms with Crippen molar-refractivity contribution in [3.8, 4) is 0 Å². The predicted octanol–water partition coefficient (Wildman–Crippen LogP) is 1.85. The molecule has 0 radical (unpaired) electrons. The zero-order chi connectivity index (χ0) is 16.8. The summed E-state index contributed by atoms with van der Waals surface area (Å²) >= 11 is 3.35. The highest BCUT2D eigenvalue weighted by molar-refractivity contribution is 9.10. The molecule has 0 bridgehead atoms. The number of benzene rings is 1. The van der Waals surface area contributed by atoms with Gasteiger partial charge < -0.3 is 9.64 Å². The van der Waals surface area contributed by atoms with E-state index in [-0.39, 0.29) is 12.5 Å². The highest BCUT2D eigenvalue weighted by Gasteiger charge is 2.47. The Balaban J connectivity index is 1.89. The molecule has 0 aliphatic carbocycles. The van der Waals surface area contributed by atoms with E-state index in [4.69, 9.17) is 0 Å². The van der Waals surface area contributed by atoms with E-state index >= 15 is 0 Å². The van der Waals surface area contributed by atoms with Crippen LogP contribution in [0.15, 0.2) is 22.7 Å². The molecule has 2 atom stereocenters. The second-order valence-corrected chi connectivity index (χ2v) is 6.17. The number of alkyl halides is 3. The second-order valence-electron chi connectivity index (χ2n) is 5.31. The van der Waals surface area contributed by atoms with E-state index in [0.717, 1.165) is 0 Å². The molecule has 0 aromatic heterocycles. The summed E-state index contributed by atoms with van der Waals surface area (Å²) in [5.41, 5.74) is 1.22. The second kappa shape index (κ2) is 5.79. The van der Waals surface area contributed by atoms with Gasteiger partial charge in [0.2, 0.25) is 0 Å². The Morgan fingerprint density at radius 2 is 2.13 bits per heavy atom. The van der Waals surface area contributed by atoms with Gasteiger partial charge in [0.15, 0.2) is 6.23 Å². The van der Waals surface area contributed by atoms with Crippen LogP contribution in [0.25, 0.3) is 0 Å². The number of piperazine rings is 1. The molecular formula is C14H12BrF3N2O3. The first kappa shape index (κ1) is 16.3. The van der Waals surface area contributed by atoms with Crippen LogP contribution >= 0.6 is 15.9 Å². The van der Waals surface area contributed by atoms with Crippen molar-refractivity contribution in [2.24, 2.45) is 0 Å². The Morgan fingerprint density at radius 3 is 2.83 bits per heavy atom. The first-order valence-electron chi connectivity index (χ1n) is 6.88. The Kier molecular flexibility index (Phi) is 4.09. The zero-order valence-corrected chi connectivity index (χ0v) is 13.3. The molecule has 5 nitrogen and oxygen atoms in total. The van der Waals surface area contributed by atoms with Crippen molar-refractivity contribution < 1.29 is 27.5 Å². The number of nitrogens with zero attached hydrogens (tertiary/aromatic N) is 1. The molecule has 124 valence electrons. The molecule has 2 unspecified atom stereocenters. The topological polar surface area (TPSA) is 58.6 Å². The van der Waals surface area contributed by atoms with Gasteiger partial charge in [0.1, 0.15) is 0 Å². The minimum absolute atomic E-state index is 0.251. The van der Waals surface area contributed by atoms with Crippen LogP contribution in [-0.4, -0.2) is 48.3 Å². The number of esters is 1. The molecule has 1 aromatic carbocycles. The maximum atomic E-state index is 12.5. The third-order valence-electron chi connectivity index (χ3n) is 3.94. The van der Waals surface area contributed by atoms with E-state index < -0.39 is 24.4 Å². The van der Waals surface area contributed by atoms with Gasteiger partial charge in [-0.1, -0.05) is 22.0 Å². The first-order valence-corrected chi connectivity index (χ1v) is 7.68. The summed E-state index contributed by atoms with van der Waals surface area (Å²) < 4.78 is 42.5. The minimum atomic E-state index is -5.07. The fourth-order valence-electron chi connectivity index (χ4n) is 2.89. The van der Waals surface area contributed by atoms with Crippen molar-refractivity contribution in [2.45, 2.75) is 24.9 Å². The number of carbonyl (C=O) groups is 2. The SMILES string of the molecule is O=C1c2cccc(Br)c2CC2C(OC(=O)C(F)(F)F)NCCN12. The smallest absolute Gasteiger partial charge is 0.438 e. The number of amides is 1. The summed E-state index contributed by atoms with van der Waals surface area (Å²) in [6.45, 7) is 0.594. The molecule has 3 rings (SSSR count). The predicted molar refractivity (Wildman–Crippen MR) is 76.6 cm³/mol. The van der Waals surface area contributed by atoms with E-state index in [2.05, 4.69) is 26.0 Å². The lowest BCUT2D eigenvalue weighted by Gasteiger charge is -2.44. The molecule has 0 spiro atoms. The van der Waals surface area contributed by atoms with E-state index in [1.54, 1.807) is 18.2 Å². The van der Waals surface area contributed by atoms with Gasteiger partial charge in [0.05, 0.1) is 6.04 Å². The number of hydrogen-bond donors (Lipinski definition) is 1. The van der Waals surface area contributed by atoms with E-state index in [1.807, 2.05) is 0 Å². The van der Waals surface area contributed by atoms with Crippen molar-refractivity contribution in [1.82, 2.24) is 10.2 Å². The lowest BCUT2D eigenvalue weighted by molar-refractivity contribution is -0.210. The molecule has 2 aliphatic rings. The van der Waals surface area contributed by atoms with Crippen molar-refractivity contribution in [3.05, 3.63) is 33.8 Å². The molecule has 1 N–H and O–H groups in total. The van der Waals surface area contributed by atoms with Gasteiger partial charge in [-0.2, -0.15) is 13.2 Å². The van der Waals surface area contributed by atoms with E-state index in [9.17, 15) is 22.8 Å². The Bertz CT molecular complexity index is 665. The molecule has 1 amide bonds. The number of nitrogens with one attached hydrogen (secondary N) is 1. The fraction of sp³-hybridized carbons (Fsp3) is 0.429. The van der Waals surface area contributed by atoms with E-state index in [0.29, 0.717) is 28.6 Å². The summed E-state index contributed by atoms with van der Waals surface area (Å²) in [6.07, 6.45) is -5.96. The first-order chi connectivity index (χ1) is 10.8. The standard InChI is InChI=1S/C14H12BrF3N2O3/c15-9-3-1-2-7-8(9)6-10-11(23-13(22)14(16,17)18)19-4-5-20(10)12(7)21/h1-3,10-11,19H,4-6H2. The van der Waals surface area contributed by atoms with Crippen molar-refractivity contribution in [3.63, 3.8) is 0 Å². The molecule has 23 heavy (non-hydrogen) atoms. The zero-order valence-electron chi connectivity index (χ0n) is 11.7. The number of ether oxygens (including phenoxy) is 1. The van der Waals surface area contributed by atoms with Crippen LogP contribution in [0, 0.1) is 0 Å². The molecular weight excluding hydrogens is 381 g/mol. The minimum Gasteiger partial charge on any atom is -0.438 e. The maximum absolute atomic E-state index is 12.5. The summed E-state index contributed by atoms with van der Waals surface area (Å²) in [5.74, 6) is -2.53. The summed E-state index contributed by atoms with van der Waals surface area (Å²) in [5, 5.41) is 2.74. The monoisotopic (exact) mass is 392 g/mol. The molecule has 0 saturated carbocycles. The summed E-state index contributed by atoms with van der Waals surface area (Å²) in [4.78, 5) is 25.1. The van der Waals surface area contributed by atoms with E-state index in [1.165, 1.54) is 4.90 Å². The van der Waals surface area contributed by atoms with Gasteiger partial charge in [-0.3, -0.25) is 10.1 Å².